The van der Waals surface area contributed by atoms with E-state index in [1.165, 1.54) is 13.1 Å². The molecule has 0 amide bonds. The molecule has 0 unspecified atom stereocenters. The third-order valence-corrected chi connectivity index (χ3v) is 3.05. The summed E-state index contributed by atoms with van der Waals surface area (Å²) >= 11 is 5.86. The highest BCUT2D eigenvalue weighted by atomic mass is 35.5. The van der Waals surface area contributed by atoms with Gasteiger partial charge < -0.3 is 9.47 Å². The van der Waals surface area contributed by atoms with Crippen LogP contribution in [0.5, 0.6) is 11.5 Å². The van der Waals surface area contributed by atoms with Crippen LogP contribution in [0.4, 0.5) is 0 Å². The minimum absolute atomic E-state index is 0.00345. The molecule has 0 aliphatic rings. The van der Waals surface area contributed by atoms with Crippen LogP contribution in [0.1, 0.15) is 29.8 Å². The Bertz CT molecular complexity index is 643. The second kappa shape index (κ2) is 7.09. The molecule has 0 saturated carbocycles. The van der Waals surface area contributed by atoms with Gasteiger partial charge in [0.1, 0.15) is 18.1 Å². The lowest BCUT2D eigenvalue weighted by molar-refractivity contribution is 0.101. The fourth-order valence-electron chi connectivity index (χ4n) is 1.84. The van der Waals surface area contributed by atoms with E-state index in [-0.39, 0.29) is 12.4 Å². The molecule has 1 aromatic heterocycles. The van der Waals surface area contributed by atoms with E-state index < -0.39 is 0 Å². The molecule has 2 rings (SSSR count). The second-order valence-electron chi connectivity index (χ2n) is 4.44. The maximum atomic E-state index is 11.5. The first kappa shape index (κ1) is 15.3. The summed E-state index contributed by atoms with van der Waals surface area (Å²) in [7, 11) is 0. The third kappa shape index (κ3) is 4.20. The van der Waals surface area contributed by atoms with E-state index in [0.29, 0.717) is 28.7 Å². The van der Waals surface area contributed by atoms with Crippen molar-refractivity contribution in [3.8, 4) is 11.5 Å². The number of Topliss-reactive ketones (excluding diaryl/α,β-unsaturated/α-hetero) is 1. The Morgan fingerprint density at radius 2 is 2.05 bits per heavy atom. The highest BCUT2D eigenvalue weighted by Crippen LogP contribution is 2.23. The average Bonchev–Trinajstić information content (AvgIpc) is 2.46. The van der Waals surface area contributed by atoms with Crippen LogP contribution in [0, 0.1) is 0 Å². The smallest absolute Gasteiger partial charge is 0.159 e. The highest BCUT2D eigenvalue weighted by molar-refractivity contribution is 6.30. The van der Waals surface area contributed by atoms with Crippen LogP contribution in [0.3, 0.4) is 0 Å². The van der Waals surface area contributed by atoms with E-state index in [4.69, 9.17) is 21.1 Å². The van der Waals surface area contributed by atoms with Gasteiger partial charge in [0.05, 0.1) is 17.8 Å². The summed E-state index contributed by atoms with van der Waals surface area (Å²) in [4.78, 5) is 15.4. The van der Waals surface area contributed by atoms with Crippen LogP contribution in [-0.4, -0.2) is 17.4 Å². The van der Waals surface area contributed by atoms with Gasteiger partial charge in [-0.1, -0.05) is 11.6 Å². The number of hydrogen-bond donors (Lipinski definition) is 0. The molecule has 0 saturated heterocycles. The number of carbonyl (C=O) groups excluding carboxylic acids is 1. The predicted octanol–water partition coefficient (Wildman–Crippen LogP) is 3.92. The Labute approximate surface area is 128 Å². The Kier molecular flexibility index (Phi) is 5.17. The van der Waals surface area contributed by atoms with Crippen molar-refractivity contribution in [1.82, 2.24) is 4.98 Å². The molecule has 0 aliphatic heterocycles. The lowest BCUT2D eigenvalue weighted by atomic mass is 10.1. The zero-order chi connectivity index (χ0) is 15.2. The van der Waals surface area contributed by atoms with Crippen LogP contribution < -0.4 is 9.47 Å². The van der Waals surface area contributed by atoms with E-state index in [1.807, 2.05) is 6.92 Å². The zero-order valence-corrected chi connectivity index (χ0v) is 12.7. The first-order valence-electron chi connectivity index (χ1n) is 6.60. The van der Waals surface area contributed by atoms with Crippen molar-refractivity contribution < 1.29 is 14.3 Å². The van der Waals surface area contributed by atoms with Gasteiger partial charge >= 0.3 is 0 Å². The maximum absolute atomic E-state index is 11.5. The minimum Gasteiger partial charge on any atom is -0.493 e. The van der Waals surface area contributed by atoms with Gasteiger partial charge in [-0.3, -0.25) is 9.78 Å². The summed E-state index contributed by atoms with van der Waals surface area (Å²) in [5.41, 5.74) is 1.44. The SMILES string of the molecule is CCOc1ccc(C(C)=O)cc1COc1cncc(Cl)c1. The van der Waals surface area contributed by atoms with E-state index in [2.05, 4.69) is 4.98 Å². The predicted molar refractivity (Wildman–Crippen MR) is 81.2 cm³/mol. The highest BCUT2D eigenvalue weighted by Gasteiger charge is 2.09. The Morgan fingerprint density at radius 3 is 2.71 bits per heavy atom. The van der Waals surface area contributed by atoms with Crippen molar-refractivity contribution in [3.63, 3.8) is 0 Å². The maximum Gasteiger partial charge on any atom is 0.159 e. The summed E-state index contributed by atoms with van der Waals surface area (Å²) in [6.07, 6.45) is 3.12. The number of carbonyl (C=O) groups is 1. The summed E-state index contributed by atoms with van der Waals surface area (Å²) in [6.45, 7) is 4.26. The molecule has 0 aliphatic carbocycles. The van der Waals surface area contributed by atoms with Gasteiger partial charge in [0.25, 0.3) is 0 Å². The van der Waals surface area contributed by atoms with Crippen LogP contribution in [0.15, 0.2) is 36.7 Å². The molecule has 5 heteroatoms. The van der Waals surface area contributed by atoms with Crippen LogP contribution in [0.25, 0.3) is 0 Å². The van der Waals surface area contributed by atoms with Gasteiger partial charge in [0, 0.05) is 23.4 Å². The number of rotatable bonds is 6. The third-order valence-electron chi connectivity index (χ3n) is 2.84. The van der Waals surface area contributed by atoms with Crippen molar-refractivity contribution in [2.45, 2.75) is 20.5 Å². The zero-order valence-electron chi connectivity index (χ0n) is 11.9. The van der Waals surface area contributed by atoms with Gasteiger partial charge in [0.15, 0.2) is 5.78 Å². The lowest BCUT2D eigenvalue weighted by Crippen LogP contribution is -2.03. The van der Waals surface area contributed by atoms with Crippen molar-refractivity contribution in [2.24, 2.45) is 0 Å². The Balaban J connectivity index is 2.20. The summed E-state index contributed by atoms with van der Waals surface area (Å²) in [5.74, 6) is 1.28. The first-order valence-corrected chi connectivity index (χ1v) is 6.98. The minimum atomic E-state index is 0.00345. The van der Waals surface area contributed by atoms with Crippen molar-refractivity contribution in [3.05, 3.63) is 52.8 Å². The summed E-state index contributed by atoms with van der Waals surface area (Å²) in [5, 5.41) is 0.509. The van der Waals surface area contributed by atoms with Crippen molar-refractivity contribution >= 4 is 17.4 Å². The van der Waals surface area contributed by atoms with E-state index in [0.717, 1.165) is 5.56 Å². The number of pyridine rings is 1. The van der Waals surface area contributed by atoms with E-state index in [9.17, 15) is 4.79 Å². The lowest BCUT2D eigenvalue weighted by Gasteiger charge is -2.12. The van der Waals surface area contributed by atoms with E-state index in [1.54, 1.807) is 30.5 Å². The number of halogens is 1. The quantitative estimate of drug-likeness (QED) is 0.759. The van der Waals surface area contributed by atoms with Gasteiger partial charge in [0.2, 0.25) is 0 Å². The number of ether oxygens (including phenoxy) is 2. The molecule has 110 valence electrons. The van der Waals surface area contributed by atoms with Crippen LogP contribution in [-0.2, 0) is 6.61 Å². The molecule has 0 atom stereocenters. The molecule has 21 heavy (non-hydrogen) atoms. The molecular weight excluding hydrogens is 290 g/mol. The average molecular weight is 306 g/mol. The van der Waals surface area contributed by atoms with Crippen LogP contribution in [0.2, 0.25) is 5.02 Å². The molecule has 4 nitrogen and oxygen atoms in total. The number of aromatic nitrogens is 1. The van der Waals surface area contributed by atoms with Gasteiger partial charge in [-0.15, -0.1) is 0 Å². The number of nitrogens with zero attached hydrogens (tertiary/aromatic N) is 1. The fourth-order valence-corrected chi connectivity index (χ4v) is 2.00. The van der Waals surface area contributed by atoms with Crippen molar-refractivity contribution in [2.75, 3.05) is 6.61 Å². The molecule has 0 radical (unpaired) electrons. The Morgan fingerprint density at radius 1 is 1.24 bits per heavy atom. The Hall–Kier alpha value is -2.07. The topological polar surface area (TPSA) is 48.4 Å². The number of hydrogen-bond acceptors (Lipinski definition) is 4. The van der Waals surface area contributed by atoms with Gasteiger partial charge in [-0.25, -0.2) is 0 Å². The van der Waals surface area contributed by atoms with Crippen LogP contribution >= 0.6 is 11.6 Å². The van der Waals surface area contributed by atoms with Gasteiger partial charge in [-0.05, 0) is 32.0 Å². The second-order valence-corrected chi connectivity index (χ2v) is 4.88. The monoisotopic (exact) mass is 305 g/mol. The molecule has 1 aromatic carbocycles. The molecule has 0 N–H and O–H groups in total. The fraction of sp³-hybridized carbons (Fsp3) is 0.250. The first-order chi connectivity index (χ1) is 10.1. The van der Waals surface area contributed by atoms with E-state index >= 15 is 0 Å². The van der Waals surface area contributed by atoms with Gasteiger partial charge in [-0.2, -0.15) is 0 Å². The van der Waals surface area contributed by atoms with Crippen molar-refractivity contribution in [1.29, 1.82) is 0 Å². The number of benzene rings is 1. The largest absolute Gasteiger partial charge is 0.493 e. The molecule has 0 spiro atoms. The number of ketones is 1. The molecule has 0 fully saturated rings. The summed E-state index contributed by atoms with van der Waals surface area (Å²) < 4.78 is 11.2. The molecule has 1 heterocycles. The standard InChI is InChI=1S/C16H16ClNO3/c1-3-20-16-5-4-12(11(2)19)6-13(16)10-21-15-7-14(17)8-18-9-15/h4-9H,3,10H2,1-2H3. The molecule has 2 aromatic rings. The summed E-state index contributed by atoms with van der Waals surface area (Å²) in [6, 6.07) is 7.00. The molecule has 0 bridgehead atoms. The molecular formula is C16H16ClNO3. The normalized spacial score (nSPS) is 10.2.